The van der Waals surface area contributed by atoms with Crippen LogP contribution in [0.4, 0.5) is 0 Å². The summed E-state index contributed by atoms with van der Waals surface area (Å²) in [5, 5.41) is 10.4. The summed E-state index contributed by atoms with van der Waals surface area (Å²) in [6.45, 7) is 4.17. The highest BCUT2D eigenvalue weighted by atomic mass is 32.2. The zero-order valence-corrected chi connectivity index (χ0v) is 13.0. The SMILES string of the molecule is CCNC(=O)[C@@H](C)Sc1nnc([C@H]2CCS(=O)(=O)C2)o1. The van der Waals surface area contributed by atoms with Gasteiger partial charge in [-0.2, -0.15) is 0 Å². The Morgan fingerprint density at radius 2 is 2.30 bits per heavy atom. The number of thioether (sulfide) groups is 1. The monoisotopic (exact) mass is 319 g/mol. The summed E-state index contributed by atoms with van der Waals surface area (Å²) in [5.41, 5.74) is 0. The van der Waals surface area contributed by atoms with Crippen LogP contribution in [0.1, 0.15) is 32.1 Å². The summed E-state index contributed by atoms with van der Waals surface area (Å²) in [5.74, 6) is 0.252. The lowest BCUT2D eigenvalue weighted by atomic mass is 10.1. The van der Waals surface area contributed by atoms with Crippen molar-refractivity contribution in [2.24, 2.45) is 0 Å². The van der Waals surface area contributed by atoms with Crippen LogP contribution in [-0.4, -0.2) is 47.8 Å². The minimum absolute atomic E-state index is 0.0607. The van der Waals surface area contributed by atoms with Gasteiger partial charge >= 0.3 is 0 Å². The highest BCUT2D eigenvalue weighted by Gasteiger charge is 2.33. The zero-order chi connectivity index (χ0) is 14.8. The van der Waals surface area contributed by atoms with Crippen LogP contribution < -0.4 is 5.32 Å². The maximum atomic E-state index is 11.6. The maximum absolute atomic E-state index is 11.6. The van der Waals surface area contributed by atoms with Crippen LogP contribution in [-0.2, 0) is 14.6 Å². The van der Waals surface area contributed by atoms with Crippen LogP contribution in [0.15, 0.2) is 9.64 Å². The fourth-order valence-electron chi connectivity index (χ4n) is 1.95. The summed E-state index contributed by atoms with van der Waals surface area (Å²) in [7, 11) is -2.98. The van der Waals surface area contributed by atoms with E-state index in [1.54, 1.807) is 6.92 Å². The summed E-state index contributed by atoms with van der Waals surface area (Å²) >= 11 is 1.17. The van der Waals surface area contributed by atoms with Crippen molar-refractivity contribution in [1.29, 1.82) is 0 Å². The molecule has 7 nitrogen and oxygen atoms in total. The minimum atomic E-state index is -2.98. The summed E-state index contributed by atoms with van der Waals surface area (Å²) in [6.07, 6.45) is 0.514. The van der Waals surface area contributed by atoms with Crippen molar-refractivity contribution in [3.05, 3.63) is 5.89 Å². The molecule has 0 radical (unpaired) electrons. The van der Waals surface area contributed by atoms with Crippen LogP contribution in [0.5, 0.6) is 0 Å². The van der Waals surface area contributed by atoms with E-state index in [0.717, 1.165) is 0 Å². The number of nitrogens with zero attached hydrogens (tertiary/aromatic N) is 2. The van der Waals surface area contributed by atoms with Gasteiger partial charge in [0.1, 0.15) is 0 Å². The molecule has 112 valence electrons. The van der Waals surface area contributed by atoms with Crippen molar-refractivity contribution in [3.63, 3.8) is 0 Å². The molecule has 2 rings (SSSR count). The molecule has 0 aliphatic carbocycles. The van der Waals surface area contributed by atoms with Crippen molar-refractivity contribution in [3.8, 4) is 0 Å². The molecule has 1 aromatic heterocycles. The molecule has 20 heavy (non-hydrogen) atoms. The second-order valence-corrected chi connectivity index (χ2v) is 8.18. The van der Waals surface area contributed by atoms with E-state index in [-0.39, 0.29) is 28.6 Å². The third-order valence-corrected chi connectivity index (χ3v) is 5.70. The topological polar surface area (TPSA) is 102 Å². The third-order valence-electron chi connectivity index (χ3n) is 3.00. The van der Waals surface area contributed by atoms with Crippen LogP contribution in [0.25, 0.3) is 0 Å². The molecular formula is C11H17N3O4S2. The summed E-state index contributed by atoms with van der Waals surface area (Å²) < 4.78 is 28.3. The van der Waals surface area contributed by atoms with Gasteiger partial charge in [-0.05, 0) is 20.3 Å². The lowest BCUT2D eigenvalue weighted by Crippen LogP contribution is -2.30. The molecule has 1 aliphatic rings. The number of rotatable bonds is 5. The van der Waals surface area contributed by atoms with Crippen LogP contribution >= 0.6 is 11.8 Å². The number of carbonyl (C=O) groups excluding carboxylic acids is 1. The smallest absolute Gasteiger partial charge is 0.277 e. The predicted molar refractivity (Wildman–Crippen MR) is 74.3 cm³/mol. The normalized spacial score (nSPS) is 22.6. The summed E-state index contributed by atoms with van der Waals surface area (Å²) in [6, 6.07) is 0. The molecule has 1 N–H and O–H groups in total. The van der Waals surface area contributed by atoms with E-state index in [2.05, 4.69) is 15.5 Å². The Hall–Kier alpha value is -1.09. The number of carbonyl (C=O) groups is 1. The Kier molecular flexibility index (Phi) is 4.69. The fraction of sp³-hybridized carbons (Fsp3) is 0.727. The van der Waals surface area contributed by atoms with Crippen molar-refractivity contribution in [1.82, 2.24) is 15.5 Å². The molecule has 1 aliphatic heterocycles. The van der Waals surface area contributed by atoms with Gasteiger partial charge in [-0.3, -0.25) is 4.79 Å². The molecule has 9 heteroatoms. The van der Waals surface area contributed by atoms with Gasteiger partial charge in [-0.1, -0.05) is 11.8 Å². The molecule has 0 aromatic carbocycles. The lowest BCUT2D eigenvalue weighted by molar-refractivity contribution is -0.120. The Morgan fingerprint density at radius 1 is 1.55 bits per heavy atom. The molecule has 1 fully saturated rings. The molecular weight excluding hydrogens is 302 g/mol. The highest BCUT2D eigenvalue weighted by Crippen LogP contribution is 2.30. The van der Waals surface area contributed by atoms with Gasteiger partial charge in [0.05, 0.1) is 22.7 Å². The average Bonchev–Trinajstić information content (AvgIpc) is 2.96. The van der Waals surface area contributed by atoms with E-state index in [1.165, 1.54) is 11.8 Å². The van der Waals surface area contributed by atoms with E-state index in [1.807, 2.05) is 6.92 Å². The van der Waals surface area contributed by atoms with Gasteiger partial charge in [0.25, 0.3) is 5.22 Å². The number of nitrogens with one attached hydrogen (secondary N) is 1. The molecule has 1 aromatic rings. The number of amides is 1. The first-order valence-corrected chi connectivity index (χ1v) is 9.09. The largest absolute Gasteiger partial charge is 0.416 e. The van der Waals surface area contributed by atoms with Gasteiger partial charge in [0.2, 0.25) is 11.8 Å². The molecule has 2 heterocycles. The molecule has 0 bridgehead atoms. The Bertz CT molecular complexity index is 584. The fourth-order valence-corrected chi connectivity index (χ4v) is 4.39. The van der Waals surface area contributed by atoms with Gasteiger partial charge < -0.3 is 9.73 Å². The van der Waals surface area contributed by atoms with E-state index in [0.29, 0.717) is 24.1 Å². The Morgan fingerprint density at radius 3 is 2.90 bits per heavy atom. The number of sulfone groups is 1. The second-order valence-electron chi connectivity index (χ2n) is 4.66. The first-order valence-electron chi connectivity index (χ1n) is 6.39. The van der Waals surface area contributed by atoms with Crippen LogP contribution in [0.3, 0.4) is 0 Å². The predicted octanol–water partition coefficient (Wildman–Crippen LogP) is 0.588. The van der Waals surface area contributed by atoms with Gasteiger partial charge in [0, 0.05) is 6.54 Å². The molecule has 0 unspecified atom stereocenters. The van der Waals surface area contributed by atoms with E-state index >= 15 is 0 Å². The van der Waals surface area contributed by atoms with Crippen molar-refractivity contribution >= 4 is 27.5 Å². The molecule has 1 amide bonds. The van der Waals surface area contributed by atoms with E-state index in [9.17, 15) is 13.2 Å². The Balaban J connectivity index is 1.98. The highest BCUT2D eigenvalue weighted by molar-refractivity contribution is 8.00. The first-order chi connectivity index (χ1) is 9.41. The van der Waals surface area contributed by atoms with Crippen LogP contribution in [0, 0.1) is 0 Å². The van der Waals surface area contributed by atoms with Crippen molar-refractivity contribution in [2.75, 3.05) is 18.1 Å². The molecule has 0 saturated carbocycles. The second kappa shape index (κ2) is 6.13. The molecule has 0 spiro atoms. The summed E-state index contributed by atoms with van der Waals surface area (Å²) in [4.78, 5) is 11.6. The number of hydrogen-bond donors (Lipinski definition) is 1. The molecule has 1 saturated heterocycles. The first kappa shape index (κ1) is 15.3. The number of hydrogen-bond acceptors (Lipinski definition) is 7. The van der Waals surface area contributed by atoms with Gasteiger partial charge in [0.15, 0.2) is 9.84 Å². The third kappa shape index (κ3) is 3.72. The Labute approximate surface area is 121 Å². The average molecular weight is 319 g/mol. The van der Waals surface area contributed by atoms with Crippen LogP contribution in [0.2, 0.25) is 0 Å². The maximum Gasteiger partial charge on any atom is 0.277 e. The zero-order valence-electron chi connectivity index (χ0n) is 11.3. The van der Waals surface area contributed by atoms with Gasteiger partial charge in [-0.15, -0.1) is 10.2 Å². The number of aromatic nitrogens is 2. The minimum Gasteiger partial charge on any atom is -0.416 e. The standard InChI is InChI=1S/C11H17N3O4S2/c1-3-12-9(15)7(2)19-11-14-13-10(18-11)8-4-5-20(16,17)6-8/h7-8H,3-6H2,1-2H3,(H,12,15)/t7-,8+/m1/s1. The van der Waals surface area contributed by atoms with Gasteiger partial charge in [-0.25, -0.2) is 8.42 Å². The van der Waals surface area contributed by atoms with Crippen molar-refractivity contribution in [2.45, 2.75) is 36.7 Å². The quantitative estimate of drug-likeness (QED) is 0.792. The lowest BCUT2D eigenvalue weighted by Gasteiger charge is -2.07. The van der Waals surface area contributed by atoms with Crippen molar-refractivity contribution < 1.29 is 17.6 Å². The van der Waals surface area contributed by atoms with E-state index in [4.69, 9.17) is 4.42 Å². The molecule has 2 atom stereocenters. The van der Waals surface area contributed by atoms with E-state index < -0.39 is 9.84 Å².